The van der Waals surface area contributed by atoms with Gasteiger partial charge in [-0.3, -0.25) is 9.40 Å². The maximum absolute atomic E-state index is 12.4. The molecule has 0 spiro atoms. The number of aryl methyl sites for hydroxylation is 3. The van der Waals surface area contributed by atoms with Gasteiger partial charge in [-0.15, -0.1) is 0 Å². The zero-order valence-electron chi connectivity index (χ0n) is 12.1. The normalized spacial score (nSPS) is 11.6. The average molecular weight is 293 g/mol. The van der Waals surface area contributed by atoms with E-state index in [2.05, 4.69) is 16.7 Å². The van der Waals surface area contributed by atoms with E-state index in [0.717, 1.165) is 6.42 Å². The zero-order chi connectivity index (χ0) is 14.9. The minimum absolute atomic E-state index is 0.250. The van der Waals surface area contributed by atoms with Crippen LogP contribution in [0.1, 0.15) is 23.9 Å². The third-order valence-electron chi connectivity index (χ3n) is 3.33. The van der Waals surface area contributed by atoms with Crippen molar-refractivity contribution >= 4 is 15.7 Å². The molecule has 0 aliphatic rings. The molecule has 0 bridgehead atoms. The van der Waals surface area contributed by atoms with Gasteiger partial charge in [0.15, 0.2) is 0 Å². The molecule has 0 amide bonds. The highest BCUT2D eigenvalue weighted by molar-refractivity contribution is 7.92. The Hall–Kier alpha value is -1.82. The van der Waals surface area contributed by atoms with Gasteiger partial charge in [-0.2, -0.15) is 5.10 Å². The minimum Gasteiger partial charge on any atom is -0.280 e. The van der Waals surface area contributed by atoms with Crippen LogP contribution in [0.2, 0.25) is 0 Å². The molecule has 1 heterocycles. The lowest BCUT2D eigenvalue weighted by Crippen LogP contribution is -2.14. The molecule has 108 valence electrons. The van der Waals surface area contributed by atoms with Gasteiger partial charge in [-0.25, -0.2) is 8.42 Å². The van der Waals surface area contributed by atoms with Crippen LogP contribution in [0, 0.1) is 13.8 Å². The lowest BCUT2D eigenvalue weighted by Gasteiger charge is -2.09. The molecule has 0 fully saturated rings. The van der Waals surface area contributed by atoms with Crippen molar-refractivity contribution < 1.29 is 8.42 Å². The summed E-state index contributed by atoms with van der Waals surface area (Å²) in [5.74, 6) is 0. The molecule has 2 aromatic rings. The van der Waals surface area contributed by atoms with Gasteiger partial charge in [0.2, 0.25) is 0 Å². The van der Waals surface area contributed by atoms with Crippen molar-refractivity contribution in [1.29, 1.82) is 0 Å². The average Bonchev–Trinajstić information content (AvgIpc) is 2.64. The maximum Gasteiger partial charge on any atom is 0.265 e. The van der Waals surface area contributed by atoms with E-state index < -0.39 is 10.0 Å². The molecule has 0 unspecified atom stereocenters. The van der Waals surface area contributed by atoms with E-state index in [1.165, 1.54) is 5.56 Å². The van der Waals surface area contributed by atoms with Gasteiger partial charge in [0, 0.05) is 12.7 Å². The van der Waals surface area contributed by atoms with E-state index in [0.29, 0.717) is 17.1 Å². The number of nitrogens with zero attached hydrogens (tertiary/aromatic N) is 2. The first kappa shape index (κ1) is 14.6. The van der Waals surface area contributed by atoms with Gasteiger partial charge in [0.05, 0.1) is 11.4 Å². The Morgan fingerprint density at radius 2 is 1.80 bits per heavy atom. The summed E-state index contributed by atoms with van der Waals surface area (Å²) < 4.78 is 29.1. The van der Waals surface area contributed by atoms with E-state index in [1.54, 1.807) is 37.7 Å². The number of hydrogen-bond acceptors (Lipinski definition) is 3. The molecule has 2 rings (SSSR count). The van der Waals surface area contributed by atoms with E-state index >= 15 is 0 Å². The van der Waals surface area contributed by atoms with Crippen molar-refractivity contribution in [3.8, 4) is 0 Å². The molecule has 5 nitrogen and oxygen atoms in total. The number of aromatic nitrogens is 2. The van der Waals surface area contributed by atoms with Gasteiger partial charge in [-0.1, -0.05) is 19.1 Å². The largest absolute Gasteiger partial charge is 0.280 e. The summed E-state index contributed by atoms with van der Waals surface area (Å²) in [6.45, 7) is 5.50. The van der Waals surface area contributed by atoms with Gasteiger partial charge in [-0.05, 0) is 38.0 Å². The summed E-state index contributed by atoms with van der Waals surface area (Å²) >= 11 is 0. The van der Waals surface area contributed by atoms with Crippen LogP contribution >= 0.6 is 0 Å². The fraction of sp³-hybridized carbons (Fsp3) is 0.357. The highest BCUT2D eigenvalue weighted by Crippen LogP contribution is 2.22. The van der Waals surface area contributed by atoms with Crippen molar-refractivity contribution in [1.82, 2.24) is 9.78 Å². The van der Waals surface area contributed by atoms with Crippen molar-refractivity contribution in [3.05, 3.63) is 41.2 Å². The third-order valence-corrected chi connectivity index (χ3v) is 4.96. The quantitative estimate of drug-likeness (QED) is 0.941. The van der Waals surface area contributed by atoms with Crippen molar-refractivity contribution in [3.63, 3.8) is 0 Å². The van der Waals surface area contributed by atoms with Crippen LogP contribution in [-0.4, -0.2) is 18.2 Å². The maximum atomic E-state index is 12.4. The summed E-state index contributed by atoms with van der Waals surface area (Å²) in [6.07, 6.45) is 0.924. The molecular formula is C14H19N3O2S. The molecular weight excluding hydrogens is 274 g/mol. The SMILES string of the molecule is CCc1ccc(NS(=O)(=O)c2c(C)nn(C)c2C)cc1. The number of nitrogens with one attached hydrogen (secondary N) is 1. The van der Waals surface area contributed by atoms with Crippen molar-refractivity contribution in [2.45, 2.75) is 32.1 Å². The number of sulfonamides is 1. The molecule has 1 aromatic heterocycles. The minimum atomic E-state index is -3.61. The second-order valence-electron chi connectivity index (χ2n) is 4.78. The monoisotopic (exact) mass is 293 g/mol. The molecule has 0 radical (unpaired) electrons. The highest BCUT2D eigenvalue weighted by Gasteiger charge is 2.23. The Bertz CT molecular complexity index is 716. The van der Waals surface area contributed by atoms with Gasteiger partial charge in [0.1, 0.15) is 4.90 Å². The fourth-order valence-electron chi connectivity index (χ4n) is 2.16. The Morgan fingerprint density at radius 1 is 1.20 bits per heavy atom. The summed E-state index contributed by atoms with van der Waals surface area (Å²) in [7, 11) is -1.87. The van der Waals surface area contributed by atoms with Gasteiger partial charge in [0.25, 0.3) is 10.0 Å². The number of anilines is 1. The van der Waals surface area contributed by atoms with Crippen LogP contribution < -0.4 is 4.72 Å². The first-order chi connectivity index (χ1) is 9.35. The van der Waals surface area contributed by atoms with Crippen LogP contribution in [0.25, 0.3) is 0 Å². The Morgan fingerprint density at radius 3 is 2.25 bits per heavy atom. The molecule has 0 atom stereocenters. The Balaban J connectivity index is 2.35. The number of hydrogen-bond donors (Lipinski definition) is 1. The molecule has 0 aliphatic heterocycles. The van der Waals surface area contributed by atoms with E-state index in [9.17, 15) is 8.42 Å². The highest BCUT2D eigenvalue weighted by atomic mass is 32.2. The third kappa shape index (κ3) is 2.70. The van der Waals surface area contributed by atoms with Crippen molar-refractivity contribution in [2.75, 3.05) is 4.72 Å². The summed E-state index contributed by atoms with van der Waals surface area (Å²) in [6, 6.07) is 7.39. The van der Waals surface area contributed by atoms with E-state index in [-0.39, 0.29) is 4.90 Å². The number of rotatable bonds is 4. The van der Waals surface area contributed by atoms with E-state index in [1.807, 2.05) is 12.1 Å². The second kappa shape index (κ2) is 5.28. The predicted octanol–water partition coefficient (Wildman–Crippen LogP) is 2.40. The molecule has 20 heavy (non-hydrogen) atoms. The molecule has 0 saturated carbocycles. The molecule has 1 aromatic carbocycles. The predicted molar refractivity (Wildman–Crippen MR) is 79.3 cm³/mol. The molecule has 6 heteroatoms. The molecule has 1 N–H and O–H groups in total. The van der Waals surface area contributed by atoms with Crippen LogP contribution in [0.3, 0.4) is 0 Å². The lowest BCUT2D eigenvalue weighted by atomic mass is 10.2. The molecule has 0 aliphatic carbocycles. The first-order valence-electron chi connectivity index (χ1n) is 6.47. The van der Waals surface area contributed by atoms with E-state index in [4.69, 9.17) is 0 Å². The van der Waals surface area contributed by atoms with Gasteiger partial charge < -0.3 is 0 Å². The Kier molecular flexibility index (Phi) is 3.85. The Labute approximate surface area is 119 Å². The smallest absolute Gasteiger partial charge is 0.265 e. The van der Waals surface area contributed by atoms with Crippen LogP contribution in [0.15, 0.2) is 29.2 Å². The summed E-state index contributed by atoms with van der Waals surface area (Å²) in [4.78, 5) is 0.250. The number of benzene rings is 1. The van der Waals surface area contributed by atoms with Crippen LogP contribution in [0.5, 0.6) is 0 Å². The van der Waals surface area contributed by atoms with Crippen LogP contribution in [0.4, 0.5) is 5.69 Å². The molecule has 0 saturated heterocycles. The van der Waals surface area contributed by atoms with Crippen LogP contribution in [-0.2, 0) is 23.5 Å². The summed E-state index contributed by atoms with van der Waals surface area (Å²) in [5, 5.41) is 4.14. The second-order valence-corrected chi connectivity index (χ2v) is 6.40. The first-order valence-corrected chi connectivity index (χ1v) is 7.95. The van der Waals surface area contributed by atoms with Gasteiger partial charge >= 0.3 is 0 Å². The lowest BCUT2D eigenvalue weighted by molar-refractivity contribution is 0.599. The zero-order valence-corrected chi connectivity index (χ0v) is 13.0. The topological polar surface area (TPSA) is 64.0 Å². The fourth-order valence-corrected chi connectivity index (χ4v) is 3.66. The summed E-state index contributed by atoms with van der Waals surface area (Å²) in [5.41, 5.74) is 2.86. The van der Waals surface area contributed by atoms with Crippen molar-refractivity contribution in [2.24, 2.45) is 7.05 Å². The standard InChI is InChI=1S/C14H19N3O2S/c1-5-12-6-8-13(9-7-12)16-20(18,19)14-10(2)15-17(4)11(14)3/h6-9,16H,5H2,1-4H3.